The van der Waals surface area contributed by atoms with E-state index in [0.29, 0.717) is 55.3 Å². The monoisotopic (exact) mass is 496 g/mol. The van der Waals surface area contributed by atoms with E-state index in [2.05, 4.69) is 34.8 Å². The van der Waals surface area contributed by atoms with E-state index < -0.39 is 10.0 Å². The first-order valence-corrected chi connectivity index (χ1v) is 13.1. The average molecular weight is 497 g/mol. The van der Waals surface area contributed by atoms with Gasteiger partial charge in [-0.25, -0.2) is 18.0 Å². The van der Waals surface area contributed by atoms with Gasteiger partial charge in [-0.2, -0.15) is 4.31 Å². The van der Waals surface area contributed by atoms with Gasteiger partial charge in [-0.15, -0.1) is 0 Å². The van der Waals surface area contributed by atoms with Crippen LogP contribution in [0.2, 0.25) is 0 Å². The first-order valence-electron chi connectivity index (χ1n) is 11.6. The molecular weight excluding hydrogens is 468 g/mol. The van der Waals surface area contributed by atoms with Crippen LogP contribution in [-0.4, -0.2) is 53.8 Å². The van der Waals surface area contributed by atoms with Crippen molar-refractivity contribution in [3.05, 3.63) is 74.0 Å². The summed E-state index contributed by atoms with van der Waals surface area (Å²) in [5, 5.41) is 0.919. The van der Waals surface area contributed by atoms with Gasteiger partial charge >= 0.3 is 11.3 Å². The van der Waals surface area contributed by atoms with Gasteiger partial charge in [-0.1, -0.05) is 13.8 Å². The van der Waals surface area contributed by atoms with Gasteiger partial charge in [-0.05, 0) is 59.9 Å². The summed E-state index contributed by atoms with van der Waals surface area (Å²) in [6.07, 6.45) is 0. The number of piperazine rings is 1. The quantitative estimate of drug-likeness (QED) is 0.410. The summed E-state index contributed by atoms with van der Waals surface area (Å²) in [6, 6.07) is 10.2. The van der Waals surface area contributed by atoms with Crippen molar-refractivity contribution in [2.24, 2.45) is 0 Å². The Morgan fingerprint density at radius 2 is 1.69 bits per heavy atom. The van der Waals surface area contributed by atoms with Crippen molar-refractivity contribution in [2.75, 3.05) is 26.2 Å². The normalized spacial score (nSPS) is 16.0. The molecule has 184 valence electrons. The number of H-pyrrole nitrogens is 2. The Kier molecular flexibility index (Phi) is 5.90. The molecule has 2 aromatic heterocycles. The number of imidazole rings is 1. The molecular formula is C25H28N4O5S. The van der Waals surface area contributed by atoms with Gasteiger partial charge in [0.25, 0.3) is 0 Å². The molecule has 35 heavy (non-hydrogen) atoms. The van der Waals surface area contributed by atoms with Crippen LogP contribution in [0.5, 0.6) is 0 Å². The highest BCUT2D eigenvalue weighted by atomic mass is 32.2. The number of benzene rings is 2. The van der Waals surface area contributed by atoms with Crippen molar-refractivity contribution in [3.8, 4) is 0 Å². The number of nitrogens with one attached hydrogen (secondary N) is 2. The van der Waals surface area contributed by atoms with Crippen LogP contribution in [0.1, 0.15) is 36.5 Å². The molecule has 10 heteroatoms. The first kappa shape index (κ1) is 23.5. The second-order valence-electron chi connectivity index (χ2n) is 9.42. The molecule has 2 N–H and O–H groups in total. The van der Waals surface area contributed by atoms with Gasteiger partial charge < -0.3 is 14.4 Å². The SMILES string of the molecule is Cc1cc2oc(=O)cc(CN3CCN(S(=O)(=O)c4ccc5[nH]c(=O)[nH]c5c4)CC3)c2cc1C(C)C. The van der Waals surface area contributed by atoms with Crippen LogP contribution in [0.3, 0.4) is 0 Å². The fraction of sp³-hybridized carbons (Fsp3) is 0.360. The maximum atomic E-state index is 13.2. The van der Waals surface area contributed by atoms with E-state index in [4.69, 9.17) is 4.42 Å². The number of aryl methyl sites for hydroxylation is 1. The molecule has 0 bridgehead atoms. The van der Waals surface area contributed by atoms with Crippen molar-refractivity contribution in [2.45, 2.75) is 38.1 Å². The molecule has 0 saturated carbocycles. The van der Waals surface area contributed by atoms with Gasteiger partial charge in [0.15, 0.2) is 0 Å². The Morgan fingerprint density at radius 1 is 0.971 bits per heavy atom. The Labute approximate surface area is 202 Å². The smallest absolute Gasteiger partial charge is 0.336 e. The molecule has 0 spiro atoms. The molecule has 4 aromatic rings. The Balaban J connectivity index is 1.35. The second-order valence-corrected chi connectivity index (χ2v) is 11.4. The number of aromatic amines is 2. The molecule has 3 heterocycles. The molecule has 1 aliphatic heterocycles. The highest BCUT2D eigenvalue weighted by Gasteiger charge is 2.29. The summed E-state index contributed by atoms with van der Waals surface area (Å²) >= 11 is 0. The zero-order valence-corrected chi connectivity index (χ0v) is 20.7. The summed E-state index contributed by atoms with van der Waals surface area (Å²) in [6.45, 7) is 8.56. The predicted molar refractivity (Wildman–Crippen MR) is 134 cm³/mol. The molecule has 9 nitrogen and oxygen atoms in total. The number of nitrogens with zero attached hydrogens (tertiary/aromatic N) is 2. The van der Waals surface area contributed by atoms with E-state index >= 15 is 0 Å². The van der Waals surface area contributed by atoms with E-state index in [1.807, 2.05) is 13.0 Å². The van der Waals surface area contributed by atoms with Crippen LogP contribution in [0.15, 0.2) is 55.3 Å². The second kappa shape index (κ2) is 8.78. The lowest BCUT2D eigenvalue weighted by molar-refractivity contribution is 0.182. The van der Waals surface area contributed by atoms with E-state index in [1.54, 1.807) is 6.07 Å². The summed E-state index contributed by atoms with van der Waals surface area (Å²) in [5.41, 5.74) is 4.03. The Hall–Kier alpha value is -3.21. The number of hydrogen-bond donors (Lipinski definition) is 2. The Morgan fingerprint density at radius 3 is 2.40 bits per heavy atom. The molecule has 0 amide bonds. The number of sulfonamides is 1. The molecule has 0 unspecified atom stereocenters. The minimum absolute atomic E-state index is 0.150. The van der Waals surface area contributed by atoms with Gasteiger partial charge in [0.2, 0.25) is 10.0 Å². The topological polar surface area (TPSA) is 119 Å². The van der Waals surface area contributed by atoms with Crippen LogP contribution >= 0.6 is 0 Å². The number of rotatable bonds is 5. The van der Waals surface area contributed by atoms with Crippen molar-refractivity contribution < 1.29 is 12.8 Å². The highest BCUT2D eigenvalue weighted by molar-refractivity contribution is 7.89. The summed E-state index contributed by atoms with van der Waals surface area (Å²) in [7, 11) is -3.70. The fourth-order valence-electron chi connectivity index (χ4n) is 4.83. The number of aromatic nitrogens is 2. The van der Waals surface area contributed by atoms with Crippen molar-refractivity contribution >= 4 is 32.0 Å². The highest BCUT2D eigenvalue weighted by Crippen LogP contribution is 2.28. The third-order valence-corrected chi connectivity index (χ3v) is 8.58. The van der Waals surface area contributed by atoms with Crippen LogP contribution in [-0.2, 0) is 16.6 Å². The largest absolute Gasteiger partial charge is 0.423 e. The standard InChI is InChI=1S/C25H28N4O5S/c1-15(2)19-13-20-17(11-24(30)34-23(20)10-16(19)3)14-28-6-8-29(9-7-28)35(32,33)18-4-5-21-22(12-18)27-25(31)26-21/h4-5,10-13,15H,6-9,14H2,1-3H3,(H2,26,27,31). The van der Waals surface area contributed by atoms with Crippen molar-refractivity contribution in [1.82, 2.24) is 19.2 Å². The predicted octanol–water partition coefficient (Wildman–Crippen LogP) is 2.90. The maximum Gasteiger partial charge on any atom is 0.336 e. The number of fused-ring (bicyclic) bond motifs is 2. The van der Waals surface area contributed by atoms with Crippen LogP contribution < -0.4 is 11.3 Å². The first-order chi connectivity index (χ1) is 16.6. The van der Waals surface area contributed by atoms with Crippen LogP contribution in [0, 0.1) is 6.92 Å². The van der Waals surface area contributed by atoms with Crippen molar-refractivity contribution in [1.29, 1.82) is 0 Å². The maximum absolute atomic E-state index is 13.2. The van der Waals surface area contributed by atoms with E-state index in [-0.39, 0.29) is 16.2 Å². The zero-order chi connectivity index (χ0) is 24.9. The zero-order valence-electron chi connectivity index (χ0n) is 19.9. The van der Waals surface area contributed by atoms with E-state index in [9.17, 15) is 18.0 Å². The minimum atomic E-state index is -3.70. The van der Waals surface area contributed by atoms with Gasteiger partial charge in [0, 0.05) is 44.2 Å². The molecule has 1 saturated heterocycles. The molecule has 1 fully saturated rings. The van der Waals surface area contributed by atoms with E-state index in [0.717, 1.165) is 16.5 Å². The fourth-order valence-corrected chi connectivity index (χ4v) is 6.28. The van der Waals surface area contributed by atoms with Gasteiger partial charge in [0.05, 0.1) is 15.9 Å². The van der Waals surface area contributed by atoms with Gasteiger partial charge in [0.1, 0.15) is 5.58 Å². The van der Waals surface area contributed by atoms with Crippen LogP contribution in [0.25, 0.3) is 22.0 Å². The van der Waals surface area contributed by atoms with Crippen LogP contribution in [0.4, 0.5) is 0 Å². The average Bonchev–Trinajstić information content (AvgIpc) is 3.18. The summed E-state index contributed by atoms with van der Waals surface area (Å²) in [5.74, 6) is 0.344. The molecule has 0 atom stereocenters. The molecule has 0 radical (unpaired) electrons. The molecule has 1 aliphatic rings. The summed E-state index contributed by atoms with van der Waals surface area (Å²) in [4.78, 5) is 31.3. The van der Waals surface area contributed by atoms with Gasteiger partial charge in [-0.3, -0.25) is 4.90 Å². The lowest BCUT2D eigenvalue weighted by Gasteiger charge is -2.34. The minimum Gasteiger partial charge on any atom is -0.423 e. The summed E-state index contributed by atoms with van der Waals surface area (Å²) < 4.78 is 33.3. The third-order valence-electron chi connectivity index (χ3n) is 6.69. The lowest BCUT2D eigenvalue weighted by atomic mass is 9.95. The molecule has 0 aliphatic carbocycles. The van der Waals surface area contributed by atoms with E-state index in [1.165, 1.54) is 28.1 Å². The lowest BCUT2D eigenvalue weighted by Crippen LogP contribution is -2.48. The Bertz CT molecular complexity index is 1640. The third kappa shape index (κ3) is 4.44. The molecule has 2 aromatic carbocycles. The van der Waals surface area contributed by atoms with Crippen molar-refractivity contribution in [3.63, 3.8) is 0 Å². The number of hydrogen-bond acceptors (Lipinski definition) is 6. The molecule has 5 rings (SSSR count).